The van der Waals surface area contributed by atoms with Crippen molar-refractivity contribution in [2.75, 3.05) is 12.8 Å². The Morgan fingerprint density at radius 1 is 1.28 bits per heavy atom. The molecule has 0 spiro atoms. The van der Waals surface area contributed by atoms with Gasteiger partial charge in [-0.15, -0.1) is 0 Å². The number of nitrogens with zero attached hydrogens (tertiary/aromatic N) is 1. The number of hydrogen-bond acceptors (Lipinski definition) is 4. The lowest BCUT2D eigenvalue weighted by atomic mass is 10.3. The number of benzene rings is 1. The van der Waals surface area contributed by atoms with Crippen LogP contribution in [0.25, 0.3) is 0 Å². The van der Waals surface area contributed by atoms with Crippen LogP contribution in [0.5, 0.6) is 17.5 Å². The lowest BCUT2D eigenvalue weighted by Gasteiger charge is -2.08. The van der Waals surface area contributed by atoms with E-state index in [4.69, 9.17) is 26.8 Å². The van der Waals surface area contributed by atoms with Gasteiger partial charge >= 0.3 is 0 Å². The average molecular weight is 269 g/mol. The summed E-state index contributed by atoms with van der Waals surface area (Å²) in [5.41, 5.74) is 6.03. The third kappa shape index (κ3) is 2.62. The molecule has 2 aromatic rings. The molecule has 0 unspecified atom stereocenters. The van der Waals surface area contributed by atoms with Gasteiger partial charge in [-0.3, -0.25) is 0 Å². The number of nitrogens with two attached hydrogens (primary N) is 1. The van der Waals surface area contributed by atoms with Crippen LogP contribution in [0.15, 0.2) is 30.3 Å². The molecular formula is C12H10ClFN2O2. The SMILES string of the molecule is COc1nc(Oc2ccc(F)c(Cl)c2)ccc1N. The van der Waals surface area contributed by atoms with Gasteiger partial charge in [0.1, 0.15) is 11.6 Å². The van der Waals surface area contributed by atoms with Gasteiger partial charge in [-0.05, 0) is 18.2 Å². The maximum Gasteiger partial charge on any atom is 0.240 e. The Morgan fingerprint density at radius 3 is 2.72 bits per heavy atom. The van der Waals surface area contributed by atoms with Crippen LogP contribution in [-0.2, 0) is 0 Å². The van der Waals surface area contributed by atoms with Gasteiger partial charge in [-0.25, -0.2) is 4.39 Å². The Bertz CT molecular complexity index is 578. The standard InChI is InChI=1S/C12H10ClFN2O2/c1-17-12-10(15)4-5-11(16-12)18-7-2-3-9(14)8(13)6-7/h2-6H,15H2,1H3. The van der Waals surface area contributed by atoms with Crippen LogP contribution in [0.3, 0.4) is 0 Å². The number of ether oxygens (including phenoxy) is 2. The monoisotopic (exact) mass is 268 g/mol. The number of hydrogen-bond donors (Lipinski definition) is 1. The number of methoxy groups -OCH3 is 1. The highest BCUT2D eigenvalue weighted by atomic mass is 35.5. The van der Waals surface area contributed by atoms with Gasteiger partial charge in [0.05, 0.1) is 17.8 Å². The van der Waals surface area contributed by atoms with Crippen molar-refractivity contribution in [2.24, 2.45) is 0 Å². The Hall–Kier alpha value is -2.01. The van der Waals surface area contributed by atoms with E-state index in [1.807, 2.05) is 0 Å². The quantitative estimate of drug-likeness (QED) is 0.928. The summed E-state index contributed by atoms with van der Waals surface area (Å²) in [5, 5.41) is -0.0186. The van der Waals surface area contributed by atoms with Gasteiger partial charge in [0.25, 0.3) is 0 Å². The fourth-order valence-corrected chi connectivity index (χ4v) is 1.49. The van der Waals surface area contributed by atoms with Gasteiger partial charge in [0.15, 0.2) is 0 Å². The molecule has 0 aliphatic rings. The first kappa shape index (κ1) is 12.4. The molecule has 0 saturated carbocycles. The summed E-state index contributed by atoms with van der Waals surface area (Å²) in [6.45, 7) is 0. The van der Waals surface area contributed by atoms with E-state index in [2.05, 4.69) is 4.98 Å². The van der Waals surface area contributed by atoms with Crippen LogP contribution >= 0.6 is 11.6 Å². The molecule has 2 rings (SSSR count). The maximum atomic E-state index is 13.0. The van der Waals surface area contributed by atoms with Gasteiger partial charge in [0.2, 0.25) is 11.8 Å². The number of halogens is 2. The lowest BCUT2D eigenvalue weighted by Crippen LogP contribution is -1.97. The number of anilines is 1. The number of pyridine rings is 1. The van der Waals surface area contributed by atoms with E-state index >= 15 is 0 Å². The molecule has 4 nitrogen and oxygen atoms in total. The third-order valence-electron chi connectivity index (χ3n) is 2.17. The van der Waals surface area contributed by atoms with Crippen LogP contribution in [-0.4, -0.2) is 12.1 Å². The molecule has 0 amide bonds. The highest BCUT2D eigenvalue weighted by Gasteiger charge is 2.06. The van der Waals surface area contributed by atoms with E-state index in [-0.39, 0.29) is 16.8 Å². The van der Waals surface area contributed by atoms with Crippen molar-refractivity contribution in [3.05, 3.63) is 41.2 Å². The Morgan fingerprint density at radius 2 is 2.06 bits per heavy atom. The minimum atomic E-state index is -0.508. The third-order valence-corrected chi connectivity index (χ3v) is 2.46. The predicted molar refractivity (Wildman–Crippen MR) is 66.7 cm³/mol. The molecule has 94 valence electrons. The van der Waals surface area contributed by atoms with Crippen molar-refractivity contribution in [1.82, 2.24) is 4.98 Å². The fraction of sp³-hybridized carbons (Fsp3) is 0.0833. The van der Waals surface area contributed by atoms with Crippen molar-refractivity contribution in [3.8, 4) is 17.5 Å². The van der Waals surface area contributed by atoms with Gasteiger partial charge in [0, 0.05) is 12.1 Å². The van der Waals surface area contributed by atoms with E-state index in [1.54, 1.807) is 12.1 Å². The van der Waals surface area contributed by atoms with Crippen molar-refractivity contribution in [1.29, 1.82) is 0 Å². The van der Waals surface area contributed by atoms with Gasteiger partial charge < -0.3 is 15.2 Å². The van der Waals surface area contributed by atoms with E-state index in [0.717, 1.165) is 0 Å². The summed E-state index contributed by atoms with van der Waals surface area (Å²) >= 11 is 5.64. The molecule has 0 saturated heterocycles. The zero-order chi connectivity index (χ0) is 13.1. The lowest BCUT2D eigenvalue weighted by molar-refractivity contribution is 0.385. The highest BCUT2D eigenvalue weighted by Crippen LogP contribution is 2.28. The summed E-state index contributed by atoms with van der Waals surface area (Å²) in [4.78, 5) is 4.03. The first-order valence-corrected chi connectivity index (χ1v) is 5.41. The summed E-state index contributed by atoms with van der Waals surface area (Å²) in [6, 6.07) is 7.21. The van der Waals surface area contributed by atoms with Crippen molar-refractivity contribution >= 4 is 17.3 Å². The molecule has 1 heterocycles. The van der Waals surface area contributed by atoms with E-state index in [0.29, 0.717) is 11.4 Å². The number of rotatable bonds is 3. The maximum absolute atomic E-state index is 13.0. The Kier molecular flexibility index (Phi) is 3.53. The minimum absolute atomic E-state index is 0.0186. The Balaban J connectivity index is 2.25. The average Bonchev–Trinajstić information content (AvgIpc) is 2.36. The van der Waals surface area contributed by atoms with Crippen molar-refractivity contribution in [3.63, 3.8) is 0 Å². The second-order valence-electron chi connectivity index (χ2n) is 3.43. The van der Waals surface area contributed by atoms with Gasteiger partial charge in [-0.1, -0.05) is 11.6 Å². The Labute approximate surface area is 108 Å². The molecule has 0 fully saturated rings. The molecule has 6 heteroatoms. The normalized spacial score (nSPS) is 10.2. The summed E-state index contributed by atoms with van der Waals surface area (Å²) in [5.74, 6) is 0.414. The number of nitrogen functional groups attached to an aromatic ring is 1. The molecule has 0 radical (unpaired) electrons. The molecule has 2 N–H and O–H groups in total. The van der Waals surface area contributed by atoms with Crippen molar-refractivity contribution < 1.29 is 13.9 Å². The van der Waals surface area contributed by atoms with Crippen LogP contribution in [0, 0.1) is 5.82 Å². The summed E-state index contributed by atoms with van der Waals surface area (Å²) in [7, 11) is 1.46. The predicted octanol–water partition coefficient (Wildman–Crippen LogP) is 3.26. The largest absolute Gasteiger partial charge is 0.479 e. The first-order valence-electron chi connectivity index (χ1n) is 5.03. The van der Waals surface area contributed by atoms with E-state index in [9.17, 15) is 4.39 Å². The molecular weight excluding hydrogens is 259 g/mol. The second-order valence-corrected chi connectivity index (χ2v) is 3.83. The molecule has 1 aromatic carbocycles. The summed E-state index contributed by atoms with van der Waals surface area (Å²) < 4.78 is 23.3. The fourth-order valence-electron chi connectivity index (χ4n) is 1.32. The molecule has 0 bridgehead atoms. The van der Waals surface area contributed by atoms with Crippen LogP contribution < -0.4 is 15.2 Å². The molecule has 18 heavy (non-hydrogen) atoms. The molecule has 0 aliphatic heterocycles. The zero-order valence-electron chi connectivity index (χ0n) is 9.48. The molecule has 0 aliphatic carbocycles. The van der Waals surface area contributed by atoms with Crippen LogP contribution in [0.1, 0.15) is 0 Å². The topological polar surface area (TPSA) is 57.4 Å². The summed E-state index contributed by atoms with van der Waals surface area (Å²) in [6.07, 6.45) is 0. The van der Waals surface area contributed by atoms with Gasteiger partial charge in [-0.2, -0.15) is 4.98 Å². The number of aromatic nitrogens is 1. The van der Waals surface area contributed by atoms with Crippen molar-refractivity contribution in [2.45, 2.75) is 0 Å². The smallest absolute Gasteiger partial charge is 0.240 e. The second kappa shape index (κ2) is 5.10. The zero-order valence-corrected chi connectivity index (χ0v) is 10.2. The highest BCUT2D eigenvalue weighted by molar-refractivity contribution is 6.30. The molecule has 0 atom stereocenters. The van der Waals surface area contributed by atoms with Crippen LogP contribution in [0.4, 0.5) is 10.1 Å². The van der Waals surface area contributed by atoms with Crippen LogP contribution in [0.2, 0.25) is 5.02 Å². The van der Waals surface area contributed by atoms with E-state index in [1.165, 1.54) is 25.3 Å². The minimum Gasteiger partial charge on any atom is -0.479 e. The molecule has 1 aromatic heterocycles. The first-order chi connectivity index (χ1) is 8.60. The van der Waals surface area contributed by atoms with E-state index < -0.39 is 5.82 Å².